The van der Waals surface area contributed by atoms with E-state index in [1.165, 1.54) is 12.3 Å². The quantitative estimate of drug-likeness (QED) is 0.834. The molecule has 0 atom stereocenters. The molecule has 94 valence electrons. The zero-order chi connectivity index (χ0) is 13.3. The van der Waals surface area contributed by atoms with Crippen LogP contribution in [-0.4, -0.2) is 10.1 Å². The van der Waals surface area contributed by atoms with E-state index >= 15 is 0 Å². The first-order valence-electron chi connectivity index (χ1n) is 5.00. The molecule has 2 N–H and O–H groups in total. The van der Waals surface area contributed by atoms with E-state index in [-0.39, 0.29) is 17.2 Å². The standard InChI is InChI=1S/C12H8Cl3NO2/c13-9-1-6(2-10(14)12(9)15)8-4-16-11(18)3-7(8)5-17/h1-4,17H,5H2,(H,16,18). The zero-order valence-electron chi connectivity index (χ0n) is 9.01. The number of nitrogens with one attached hydrogen (secondary N) is 1. The van der Waals surface area contributed by atoms with Crippen LogP contribution in [0, 0.1) is 0 Å². The van der Waals surface area contributed by atoms with Crippen molar-refractivity contribution in [2.75, 3.05) is 0 Å². The fourth-order valence-electron chi connectivity index (χ4n) is 1.62. The van der Waals surface area contributed by atoms with Gasteiger partial charge in [-0.15, -0.1) is 0 Å². The maximum Gasteiger partial charge on any atom is 0.248 e. The Bertz CT molecular complexity index is 629. The molecule has 6 heteroatoms. The number of aromatic amines is 1. The number of benzene rings is 1. The van der Waals surface area contributed by atoms with Gasteiger partial charge in [0.05, 0.1) is 21.7 Å². The number of rotatable bonds is 2. The van der Waals surface area contributed by atoms with E-state index in [0.29, 0.717) is 26.7 Å². The van der Waals surface area contributed by atoms with E-state index in [9.17, 15) is 9.90 Å². The molecule has 0 bridgehead atoms. The Morgan fingerprint density at radius 3 is 2.28 bits per heavy atom. The van der Waals surface area contributed by atoms with Crippen LogP contribution in [0.1, 0.15) is 5.56 Å². The van der Waals surface area contributed by atoms with Crippen molar-refractivity contribution in [1.82, 2.24) is 4.98 Å². The third-order valence-electron chi connectivity index (χ3n) is 2.48. The summed E-state index contributed by atoms with van der Waals surface area (Å²) < 4.78 is 0. The van der Waals surface area contributed by atoms with Gasteiger partial charge in [0.2, 0.25) is 5.56 Å². The number of pyridine rings is 1. The van der Waals surface area contributed by atoms with Crippen LogP contribution in [0.4, 0.5) is 0 Å². The smallest absolute Gasteiger partial charge is 0.248 e. The van der Waals surface area contributed by atoms with E-state index in [1.807, 2.05) is 0 Å². The van der Waals surface area contributed by atoms with Crippen LogP contribution in [0.25, 0.3) is 11.1 Å². The molecule has 0 saturated heterocycles. The molecule has 3 nitrogen and oxygen atoms in total. The molecular formula is C12H8Cl3NO2. The molecule has 18 heavy (non-hydrogen) atoms. The number of hydrogen-bond donors (Lipinski definition) is 2. The van der Waals surface area contributed by atoms with Crippen molar-refractivity contribution in [3.63, 3.8) is 0 Å². The highest BCUT2D eigenvalue weighted by molar-refractivity contribution is 6.48. The molecule has 2 rings (SSSR count). The van der Waals surface area contributed by atoms with Crippen molar-refractivity contribution in [3.8, 4) is 11.1 Å². The van der Waals surface area contributed by atoms with Gasteiger partial charge in [-0.1, -0.05) is 34.8 Å². The predicted molar refractivity (Wildman–Crippen MR) is 73.5 cm³/mol. The van der Waals surface area contributed by atoms with Gasteiger partial charge in [0, 0.05) is 17.8 Å². The molecule has 1 aromatic carbocycles. The van der Waals surface area contributed by atoms with E-state index in [2.05, 4.69) is 4.98 Å². The first-order chi connectivity index (χ1) is 8.52. The number of aliphatic hydroxyl groups is 1. The number of halogens is 3. The van der Waals surface area contributed by atoms with Crippen LogP contribution in [0.5, 0.6) is 0 Å². The summed E-state index contributed by atoms with van der Waals surface area (Å²) in [5.74, 6) is 0. The second-order valence-electron chi connectivity index (χ2n) is 3.65. The molecule has 0 aliphatic carbocycles. The average molecular weight is 305 g/mol. The van der Waals surface area contributed by atoms with Crippen LogP contribution < -0.4 is 5.56 Å². The zero-order valence-corrected chi connectivity index (χ0v) is 11.3. The first kappa shape index (κ1) is 13.4. The Morgan fingerprint density at radius 1 is 1.11 bits per heavy atom. The Labute approximate surface area is 118 Å². The van der Waals surface area contributed by atoms with Gasteiger partial charge < -0.3 is 10.1 Å². The van der Waals surface area contributed by atoms with E-state index in [4.69, 9.17) is 34.8 Å². The Morgan fingerprint density at radius 2 is 1.72 bits per heavy atom. The lowest BCUT2D eigenvalue weighted by Crippen LogP contribution is -2.06. The number of aliphatic hydroxyl groups excluding tert-OH is 1. The van der Waals surface area contributed by atoms with Crippen LogP contribution >= 0.6 is 34.8 Å². The minimum absolute atomic E-state index is 0.253. The van der Waals surface area contributed by atoms with E-state index in [1.54, 1.807) is 12.1 Å². The summed E-state index contributed by atoms with van der Waals surface area (Å²) in [5, 5.41) is 10.2. The average Bonchev–Trinajstić information content (AvgIpc) is 2.35. The van der Waals surface area contributed by atoms with Gasteiger partial charge >= 0.3 is 0 Å². The minimum Gasteiger partial charge on any atom is -0.392 e. The van der Waals surface area contributed by atoms with Crippen LogP contribution in [-0.2, 0) is 6.61 Å². The summed E-state index contributed by atoms with van der Waals surface area (Å²) in [6, 6.07) is 4.58. The highest BCUT2D eigenvalue weighted by Gasteiger charge is 2.10. The van der Waals surface area contributed by atoms with Crippen molar-refractivity contribution >= 4 is 34.8 Å². The third kappa shape index (κ3) is 2.54. The molecule has 0 aliphatic heterocycles. The SMILES string of the molecule is O=c1cc(CO)c(-c2cc(Cl)c(Cl)c(Cl)c2)c[nH]1. The van der Waals surface area contributed by atoms with Gasteiger partial charge in [0.25, 0.3) is 0 Å². The van der Waals surface area contributed by atoms with Crippen molar-refractivity contribution in [3.05, 3.63) is 55.4 Å². The Balaban J connectivity index is 2.65. The van der Waals surface area contributed by atoms with Gasteiger partial charge in [-0.3, -0.25) is 4.79 Å². The summed E-state index contributed by atoms with van der Waals surface area (Å²) in [4.78, 5) is 13.7. The fourth-order valence-corrected chi connectivity index (χ4v) is 2.22. The largest absolute Gasteiger partial charge is 0.392 e. The monoisotopic (exact) mass is 303 g/mol. The Hall–Kier alpha value is -1.00. The lowest BCUT2D eigenvalue weighted by atomic mass is 10.0. The minimum atomic E-state index is -0.283. The van der Waals surface area contributed by atoms with Crippen LogP contribution in [0.2, 0.25) is 15.1 Å². The molecule has 0 unspecified atom stereocenters. The van der Waals surface area contributed by atoms with Gasteiger partial charge in [0.1, 0.15) is 0 Å². The summed E-state index contributed by atoms with van der Waals surface area (Å²) >= 11 is 17.8. The van der Waals surface area contributed by atoms with Gasteiger partial charge in [-0.25, -0.2) is 0 Å². The topological polar surface area (TPSA) is 53.1 Å². The second kappa shape index (κ2) is 5.33. The van der Waals surface area contributed by atoms with Crippen molar-refractivity contribution in [1.29, 1.82) is 0 Å². The van der Waals surface area contributed by atoms with Gasteiger partial charge in [0.15, 0.2) is 0 Å². The van der Waals surface area contributed by atoms with Gasteiger partial charge in [-0.2, -0.15) is 0 Å². The molecular weight excluding hydrogens is 296 g/mol. The summed E-state index contributed by atoms with van der Waals surface area (Å²) in [7, 11) is 0. The van der Waals surface area contributed by atoms with E-state index in [0.717, 1.165) is 0 Å². The summed E-state index contributed by atoms with van der Waals surface area (Å²) in [6.45, 7) is -0.253. The molecule has 0 radical (unpaired) electrons. The molecule has 0 saturated carbocycles. The summed E-state index contributed by atoms with van der Waals surface area (Å²) in [6.07, 6.45) is 1.50. The molecule has 1 heterocycles. The van der Waals surface area contributed by atoms with E-state index < -0.39 is 0 Å². The van der Waals surface area contributed by atoms with Crippen molar-refractivity contribution in [2.24, 2.45) is 0 Å². The van der Waals surface area contributed by atoms with Crippen LogP contribution in [0.3, 0.4) is 0 Å². The first-order valence-corrected chi connectivity index (χ1v) is 6.13. The van der Waals surface area contributed by atoms with Crippen LogP contribution in [0.15, 0.2) is 29.2 Å². The Kier molecular flexibility index (Phi) is 3.97. The lowest BCUT2D eigenvalue weighted by Gasteiger charge is -2.09. The normalized spacial score (nSPS) is 10.7. The second-order valence-corrected chi connectivity index (χ2v) is 4.84. The predicted octanol–water partition coefficient (Wildman–Crippen LogP) is 3.49. The highest BCUT2D eigenvalue weighted by Crippen LogP contribution is 2.35. The number of hydrogen-bond acceptors (Lipinski definition) is 2. The molecule has 0 aliphatic rings. The summed E-state index contributed by atoms with van der Waals surface area (Å²) in [5.41, 5.74) is 1.54. The molecule has 0 amide bonds. The van der Waals surface area contributed by atoms with Gasteiger partial charge in [-0.05, 0) is 23.3 Å². The van der Waals surface area contributed by atoms with Crippen molar-refractivity contribution in [2.45, 2.75) is 6.61 Å². The molecule has 0 spiro atoms. The molecule has 1 aromatic heterocycles. The maximum atomic E-state index is 11.2. The number of H-pyrrole nitrogens is 1. The fraction of sp³-hybridized carbons (Fsp3) is 0.0833. The third-order valence-corrected chi connectivity index (χ3v) is 3.67. The highest BCUT2D eigenvalue weighted by atomic mass is 35.5. The van der Waals surface area contributed by atoms with Crippen molar-refractivity contribution < 1.29 is 5.11 Å². The maximum absolute atomic E-state index is 11.2. The molecule has 0 fully saturated rings. The lowest BCUT2D eigenvalue weighted by molar-refractivity contribution is 0.282. The number of aromatic nitrogens is 1. The molecule has 2 aromatic rings.